The van der Waals surface area contributed by atoms with Crippen molar-refractivity contribution < 1.29 is 27.5 Å². The van der Waals surface area contributed by atoms with Gasteiger partial charge in [0, 0.05) is 6.54 Å². The molecule has 0 saturated heterocycles. The van der Waals surface area contributed by atoms with E-state index in [0.717, 1.165) is 5.56 Å². The summed E-state index contributed by atoms with van der Waals surface area (Å²) < 4.78 is 32.6. The Hall–Kier alpha value is -2.91. The highest BCUT2D eigenvalue weighted by Crippen LogP contribution is 2.13. The summed E-state index contributed by atoms with van der Waals surface area (Å²) in [6.07, 6.45) is 0. The van der Waals surface area contributed by atoms with Crippen LogP contribution >= 0.6 is 0 Å². The van der Waals surface area contributed by atoms with Gasteiger partial charge in [-0.1, -0.05) is 12.1 Å². The van der Waals surface area contributed by atoms with Gasteiger partial charge in [0.15, 0.2) is 6.61 Å². The van der Waals surface area contributed by atoms with Crippen molar-refractivity contribution >= 4 is 21.9 Å². The fourth-order valence-corrected chi connectivity index (χ4v) is 2.61. The number of rotatable bonds is 8. The van der Waals surface area contributed by atoms with Gasteiger partial charge >= 0.3 is 5.97 Å². The standard InChI is InChI=1S/C18H20N2O6S/c1-2-25-18(22)14-5-7-15(8-6-14)26-12-17(21)20-11-13-3-9-16(10-4-13)27(19,23)24/h3-10H,2,11-12H2,1H3,(H,20,21)(H2,19,23,24). The van der Waals surface area contributed by atoms with Gasteiger partial charge in [-0.3, -0.25) is 4.79 Å². The Balaban J connectivity index is 1.80. The second-order valence-corrected chi connectivity index (χ2v) is 7.06. The molecule has 0 fully saturated rings. The van der Waals surface area contributed by atoms with E-state index < -0.39 is 16.0 Å². The predicted molar refractivity (Wildman–Crippen MR) is 97.6 cm³/mol. The summed E-state index contributed by atoms with van der Waals surface area (Å²) in [5, 5.41) is 7.68. The van der Waals surface area contributed by atoms with Gasteiger partial charge < -0.3 is 14.8 Å². The van der Waals surface area contributed by atoms with Crippen LogP contribution < -0.4 is 15.2 Å². The van der Waals surface area contributed by atoms with E-state index in [2.05, 4.69) is 5.32 Å². The highest BCUT2D eigenvalue weighted by Gasteiger charge is 2.09. The van der Waals surface area contributed by atoms with Crippen molar-refractivity contribution in [3.8, 4) is 5.75 Å². The molecule has 0 aliphatic carbocycles. The summed E-state index contributed by atoms with van der Waals surface area (Å²) in [6, 6.07) is 12.1. The topological polar surface area (TPSA) is 125 Å². The van der Waals surface area contributed by atoms with E-state index in [9.17, 15) is 18.0 Å². The zero-order valence-corrected chi connectivity index (χ0v) is 15.5. The van der Waals surface area contributed by atoms with Gasteiger partial charge in [-0.05, 0) is 48.9 Å². The average Bonchev–Trinajstić information content (AvgIpc) is 2.65. The van der Waals surface area contributed by atoms with E-state index in [4.69, 9.17) is 14.6 Å². The minimum Gasteiger partial charge on any atom is -0.484 e. The lowest BCUT2D eigenvalue weighted by molar-refractivity contribution is -0.123. The van der Waals surface area contributed by atoms with Gasteiger partial charge in [-0.25, -0.2) is 18.4 Å². The van der Waals surface area contributed by atoms with Gasteiger partial charge in [-0.15, -0.1) is 0 Å². The number of carbonyl (C=O) groups is 2. The lowest BCUT2D eigenvalue weighted by Gasteiger charge is -2.08. The highest BCUT2D eigenvalue weighted by atomic mass is 32.2. The van der Waals surface area contributed by atoms with Crippen LogP contribution in [0.4, 0.5) is 0 Å². The van der Waals surface area contributed by atoms with Crippen LogP contribution in [0.5, 0.6) is 5.75 Å². The molecule has 144 valence electrons. The van der Waals surface area contributed by atoms with Crippen LogP contribution in [0.2, 0.25) is 0 Å². The third-order valence-corrected chi connectivity index (χ3v) is 4.41. The van der Waals surface area contributed by atoms with Crippen molar-refractivity contribution in [2.75, 3.05) is 13.2 Å². The molecule has 2 rings (SSSR count). The maximum atomic E-state index is 11.9. The number of primary sulfonamides is 1. The number of hydrogen-bond acceptors (Lipinski definition) is 6. The number of nitrogens with two attached hydrogens (primary N) is 1. The van der Waals surface area contributed by atoms with Crippen LogP contribution in [-0.4, -0.2) is 33.5 Å². The Morgan fingerprint density at radius 3 is 2.22 bits per heavy atom. The number of hydrogen-bond donors (Lipinski definition) is 2. The van der Waals surface area contributed by atoms with E-state index in [1.54, 1.807) is 43.3 Å². The van der Waals surface area contributed by atoms with Gasteiger partial charge in [0.05, 0.1) is 17.1 Å². The molecule has 0 bridgehead atoms. The second-order valence-electron chi connectivity index (χ2n) is 5.50. The molecule has 27 heavy (non-hydrogen) atoms. The van der Waals surface area contributed by atoms with Crippen LogP contribution in [0.15, 0.2) is 53.4 Å². The molecule has 0 heterocycles. The molecule has 0 radical (unpaired) electrons. The molecule has 9 heteroatoms. The van der Waals surface area contributed by atoms with Crippen molar-refractivity contribution in [3.05, 3.63) is 59.7 Å². The van der Waals surface area contributed by atoms with Crippen LogP contribution in [0.3, 0.4) is 0 Å². The first-order valence-electron chi connectivity index (χ1n) is 8.08. The number of carbonyl (C=O) groups excluding carboxylic acids is 2. The molecule has 0 aliphatic rings. The number of nitrogens with one attached hydrogen (secondary N) is 1. The first-order valence-corrected chi connectivity index (χ1v) is 9.62. The van der Waals surface area contributed by atoms with E-state index in [1.165, 1.54) is 12.1 Å². The van der Waals surface area contributed by atoms with Crippen molar-refractivity contribution in [2.45, 2.75) is 18.4 Å². The molecule has 0 saturated carbocycles. The monoisotopic (exact) mass is 392 g/mol. The van der Waals surface area contributed by atoms with Crippen molar-refractivity contribution in [3.63, 3.8) is 0 Å². The van der Waals surface area contributed by atoms with Crippen LogP contribution in [0.1, 0.15) is 22.8 Å². The fourth-order valence-electron chi connectivity index (χ4n) is 2.10. The Morgan fingerprint density at radius 2 is 1.67 bits per heavy atom. The average molecular weight is 392 g/mol. The summed E-state index contributed by atoms with van der Waals surface area (Å²) in [7, 11) is -3.74. The number of sulfonamides is 1. The van der Waals surface area contributed by atoms with E-state index in [1.807, 2.05) is 0 Å². The SMILES string of the molecule is CCOC(=O)c1ccc(OCC(=O)NCc2ccc(S(N)(=O)=O)cc2)cc1. The highest BCUT2D eigenvalue weighted by molar-refractivity contribution is 7.89. The Bertz CT molecular complexity index is 892. The Kier molecular flexibility index (Phi) is 6.91. The maximum absolute atomic E-state index is 11.9. The molecule has 0 spiro atoms. The maximum Gasteiger partial charge on any atom is 0.338 e. The van der Waals surface area contributed by atoms with Crippen LogP contribution in [-0.2, 0) is 26.1 Å². The molecule has 0 aromatic heterocycles. The zero-order chi connectivity index (χ0) is 19.9. The molecular weight excluding hydrogens is 372 g/mol. The van der Waals surface area contributed by atoms with E-state index in [0.29, 0.717) is 17.9 Å². The molecule has 0 atom stereocenters. The smallest absolute Gasteiger partial charge is 0.338 e. The molecule has 3 N–H and O–H groups in total. The summed E-state index contributed by atoms with van der Waals surface area (Å²) in [6.45, 7) is 2.04. The summed E-state index contributed by atoms with van der Waals surface area (Å²) >= 11 is 0. The Morgan fingerprint density at radius 1 is 1.04 bits per heavy atom. The van der Waals surface area contributed by atoms with Crippen molar-refractivity contribution in [1.82, 2.24) is 5.32 Å². The third-order valence-electron chi connectivity index (χ3n) is 3.48. The predicted octanol–water partition coefficient (Wildman–Crippen LogP) is 1.21. The Labute approximate surface area is 157 Å². The normalized spacial score (nSPS) is 10.9. The minimum atomic E-state index is -3.74. The summed E-state index contributed by atoms with van der Waals surface area (Å²) in [5.41, 5.74) is 1.12. The molecule has 2 aromatic carbocycles. The van der Waals surface area contributed by atoms with Crippen LogP contribution in [0.25, 0.3) is 0 Å². The zero-order valence-electron chi connectivity index (χ0n) is 14.7. The summed E-state index contributed by atoms with van der Waals surface area (Å²) in [5.74, 6) is -0.328. The molecule has 8 nitrogen and oxygen atoms in total. The van der Waals surface area contributed by atoms with Gasteiger partial charge in [0.1, 0.15) is 5.75 Å². The largest absolute Gasteiger partial charge is 0.484 e. The molecule has 2 aromatic rings. The lowest BCUT2D eigenvalue weighted by atomic mass is 10.2. The van der Waals surface area contributed by atoms with Crippen molar-refractivity contribution in [2.24, 2.45) is 5.14 Å². The number of ether oxygens (including phenoxy) is 2. The molecule has 1 amide bonds. The fraction of sp³-hybridized carbons (Fsp3) is 0.222. The summed E-state index contributed by atoms with van der Waals surface area (Å²) in [4.78, 5) is 23.4. The molecule has 0 aliphatic heterocycles. The van der Waals surface area contributed by atoms with Crippen molar-refractivity contribution in [1.29, 1.82) is 0 Å². The minimum absolute atomic E-state index is 0.00664. The molecule has 0 unspecified atom stereocenters. The quantitative estimate of drug-likeness (QED) is 0.651. The third kappa shape index (κ3) is 6.39. The lowest BCUT2D eigenvalue weighted by Crippen LogP contribution is -2.28. The van der Waals surface area contributed by atoms with Gasteiger partial charge in [-0.2, -0.15) is 0 Å². The van der Waals surface area contributed by atoms with E-state index in [-0.39, 0.29) is 24.0 Å². The van der Waals surface area contributed by atoms with Crippen LogP contribution in [0, 0.1) is 0 Å². The number of benzene rings is 2. The number of amides is 1. The second kappa shape index (κ2) is 9.15. The molecular formula is C18H20N2O6S. The van der Waals surface area contributed by atoms with Gasteiger partial charge in [0.2, 0.25) is 10.0 Å². The van der Waals surface area contributed by atoms with E-state index >= 15 is 0 Å². The first-order chi connectivity index (χ1) is 12.8. The number of esters is 1. The van der Waals surface area contributed by atoms with Gasteiger partial charge in [0.25, 0.3) is 5.91 Å². The first kappa shape index (κ1) is 20.4.